The molecule has 0 fully saturated rings. The molecule has 0 bridgehead atoms. The van der Waals surface area contributed by atoms with Crippen LogP contribution in [0.2, 0.25) is 0 Å². The van der Waals surface area contributed by atoms with Crippen LogP contribution in [0.15, 0.2) is 0 Å². The van der Waals surface area contributed by atoms with Gasteiger partial charge < -0.3 is 15.7 Å². The van der Waals surface area contributed by atoms with Crippen molar-refractivity contribution < 1.29 is 9.90 Å². The number of aliphatic hydroxyl groups is 1. The lowest BCUT2D eigenvalue weighted by atomic mass is 9.98. The van der Waals surface area contributed by atoms with Crippen molar-refractivity contribution in [1.29, 1.82) is 0 Å². The summed E-state index contributed by atoms with van der Waals surface area (Å²) in [6, 6.07) is 0. The van der Waals surface area contributed by atoms with E-state index in [1.807, 2.05) is 13.8 Å². The van der Waals surface area contributed by atoms with Gasteiger partial charge in [0.1, 0.15) is 0 Å². The fraction of sp³-hybridized carbons (Fsp3) is 0.900. The number of amides is 1. The third-order valence-corrected chi connectivity index (χ3v) is 2.58. The third-order valence-electron chi connectivity index (χ3n) is 2.58. The van der Waals surface area contributed by atoms with E-state index in [1.54, 1.807) is 7.05 Å². The zero-order valence-electron chi connectivity index (χ0n) is 9.39. The molecule has 0 aliphatic heterocycles. The topological polar surface area (TPSA) is 61.4 Å². The maximum absolute atomic E-state index is 10.9. The predicted octanol–water partition coefficient (Wildman–Crippen LogP) is 0.263. The van der Waals surface area contributed by atoms with Crippen molar-refractivity contribution in [1.82, 2.24) is 10.6 Å². The van der Waals surface area contributed by atoms with Crippen LogP contribution >= 0.6 is 0 Å². The van der Waals surface area contributed by atoms with E-state index in [1.165, 1.54) is 0 Å². The molecule has 84 valence electrons. The van der Waals surface area contributed by atoms with E-state index in [4.69, 9.17) is 0 Å². The van der Waals surface area contributed by atoms with Crippen LogP contribution in [-0.4, -0.2) is 36.8 Å². The lowest BCUT2D eigenvalue weighted by Crippen LogP contribution is -2.40. The largest absolute Gasteiger partial charge is 0.389 e. The second kappa shape index (κ2) is 6.79. The van der Waals surface area contributed by atoms with Gasteiger partial charge in [-0.25, -0.2) is 0 Å². The Balaban J connectivity index is 3.57. The maximum Gasteiger partial charge on any atom is 0.221 e. The number of carbonyl (C=O) groups excluding carboxylic acids is 1. The van der Waals surface area contributed by atoms with E-state index in [0.29, 0.717) is 19.5 Å². The molecule has 0 rings (SSSR count). The molecule has 0 aliphatic carbocycles. The predicted molar refractivity (Wildman–Crippen MR) is 57.1 cm³/mol. The Morgan fingerprint density at radius 1 is 1.36 bits per heavy atom. The van der Waals surface area contributed by atoms with Gasteiger partial charge in [-0.1, -0.05) is 13.8 Å². The summed E-state index contributed by atoms with van der Waals surface area (Å²) in [5.41, 5.74) is -0.622. The standard InChI is InChI=1S/C10H22N2O2/c1-4-10(14,5-2)8-12-7-6-9(13)11-3/h12,14H,4-8H2,1-3H3,(H,11,13). The second-order valence-electron chi connectivity index (χ2n) is 3.53. The van der Waals surface area contributed by atoms with Crippen molar-refractivity contribution in [3.8, 4) is 0 Å². The van der Waals surface area contributed by atoms with Gasteiger partial charge in [0.25, 0.3) is 0 Å². The molecule has 0 aromatic carbocycles. The summed E-state index contributed by atoms with van der Waals surface area (Å²) < 4.78 is 0. The lowest BCUT2D eigenvalue weighted by Gasteiger charge is -2.25. The Labute approximate surface area is 86.1 Å². The fourth-order valence-electron chi connectivity index (χ4n) is 1.15. The summed E-state index contributed by atoms with van der Waals surface area (Å²) in [5, 5.41) is 15.5. The molecule has 0 saturated carbocycles. The SMILES string of the molecule is CCC(O)(CC)CNCCC(=O)NC. The summed E-state index contributed by atoms with van der Waals surface area (Å²) in [5.74, 6) is 0.0223. The van der Waals surface area contributed by atoms with Gasteiger partial charge in [-0.2, -0.15) is 0 Å². The van der Waals surface area contributed by atoms with Crippen molar-refractivity contribution in [2.45, 2.75) is 38.7 Å². The molecule has 0 atom stereocenters. The van der Waals surface area contributed by atoms with Gasteiger partial charge in [0, 0.05) is 26.6 Å². The number of nitrogens with one attached hydrogen (secondary N) is 2. The Kier molecular flexibility index (Phi) is 6.49. The number of hydrogen-bond acceptors (Lipinski definition) is 3. The van der Waals surface area contributed by atoms with Crippen LogP contribution in [0.3, 0.4) is 0 Å². The molecule has 0 aromatic heterocycles. The summed E-state index contributed by atoms with van der Waals surface area (Å²) in [6.45, 7) is 5.09. The molecule has 1 amide bonds. The average molecular weight is 202 g/mol. The van der Waals surface area contributed by atoms with E-state index in [9.17, 15) is 9.90 Å². The molecular weight excluding hydrogens is 180 g/mol. The van der Waals surface area contributed by atoms with Crippen LogP contribution < -0.4 is 10.6 Å². The minimum atomic E-state index is -0.622. The number of hydrogen-bond donors (Lipinski definition) is 3. The minimum absolute atomic E-state index is 0.0223. The highest BCUT2D eigenvalue weighted by atomic mass is 16.3. The van der Waals surface area contributed by atoms with Crippen molar-refractivity contribution in [2.75, 3.05) is 20.1 Å². The van der Waals surface area contributed by atoms with Crippen LogP contribution in [0.5, 0.6) is 0 Å². The van der Waals surface area contributed by atoms with Gasteiger partial charge >= 0.3 is 0 Å². The first-order chi connectivity index (χ1) is 6.58. The van der Waals surface area contributed by atoms with Gasteiger partial charge in [0.05, 0.1) is 5.60 Å². The fourth-order valence-corrected chi connectivity index (χ4v) is 1.15. The highest BCUT2D eigenvalue weighted by Gasteiger charge is 2.20. The van der Waals surface area contributed by atoms with E-state index >= 15 is 0 Å². The molecule has 0 unspecified atom stereocenters. The molecule has 4 heteroatoms. The lowest BCUT2D eigenvalue weighted by molar-refractivity contribution is -0.120. The second-order valence-corrected chi connectivity index (χ2v) is 3.53. The van der Waals surface area contributed by atoms with E-state index in [-0.39, 0.29) is 5.91 Å². The molecule has 0 spiro atoms. The Morgan fingerprint density at radius 2 is 1.93 bits per heavy atom. The van der Waals surface area contributed by atoms with Gasteiger partial charge in [-0.05, 0) is 12.8 Å². The van der Waals surface area contributed by atoms with E-state index in [0.717, 1.165) is 12.8 Å². The highest BCUT2D eigenvalue weighted by molar-refractivity contribution is 5.75. The maximum atomic E-state index is 10.9. The summed E-state index contributed by atoms with van der Waals surface area (Å²) in [6.07, 6.45) is 1.92. The number of carbonyl (C=O) groups is 1. The summed E-state index contributed by atoms with van der Waals surface area (Å²) in [7, 11) is 1.62. The molecule has 4 nitrogen and oxygen atoms in total. The zero-order chi connectivity index (χ0) is 11.0. The average Bonchev–Trinajstić information content (AvgIpc) is 2.23. The highest BCUT2D eigenvalue weighted by Crippen LogP contribution is 2.12. The first-order valence-electron chi connectivity index (χ1n) is 5.21. The monoisotopic (exact) mass is 202 g/mol. The quantitative estimate of drug-likeness (QED) is 0.519. The normalized spacial score (nSPS) is 11.4. The smallest absolute Gasteiger partial charge is 0.221 e. The first-order valence-corrected chi connectivity index (χ1v) is 5.21. The van der Waals surface area contributed by atoms with Gasteiger partial charge in [-0.15, -0.1) is 0 Å². The minimum Gasteiger partial charge on any atom is -0.389 e. The van der Waals surface area contributed by atoms with Crippen molar-refractivity contribution in [3.63, 3.8) is 0 Å². The molecule has 0 aromatic rings. The van der Waals surface area contributed by atoms with Crippen molar-refractivity contribution in [2.24, 2.45) is 0 Å². The summed E-state index contributed by atoms with van der Waals surface area (Å²) >= 11 is 0. The number of rotatable bonds is 7. The van der Waals surface area contributed by atoms with Crippen molar-refractivity contribution >= 4 is 5.91 Å². The molecule has 0 aliphatic rings. The Bertz CT molecular complexity index is 168. The molecule has 0 radical (unpaired) electrons. The van der Waals surface area contributed by atoms with E-state index < -0.39 is 5.60 Å². The van der Waals surface area contributed by atoms with Gasteiger partial charge in [-0.3, -0.25) is 4.79 Å². The van der Waals surface area contributed by atoms with Gasteiger partial charge in [0.15, 0.2) is 0 Å². The van der Waals surface area contributed by atoms with Crippen LogP contribution in [0.1, 0.15) is 33.1 Å². The zero-order valence-corrected chi connectivity index (χ0v) is 9.39. The van der Waals surface area contributed by atoms with Crippen LogP contribution in [0.25, 0.3) is 0 Å². The van der Waals surface area contributed by atoms with Crippen LogP contribution in [0, 0.1) is 0 Å². The molecule has 0 heterocycles. The van der Waals surface area contributed by atoms with Crippen molar-refractivity contribution in [3.05, 3.63) is 0 Å². The summed E-state index contributed by atoms with van der Waals surface area (Å²) in [4.78, 5) is 10.9. The molecular formula is C10H22N2O2. The first kappa shape index (κ1) is 13.4. The molecule has 3 N–H and O–H groups in total. The van der Waals surface area contributed by atoms with Gasteiger partial charge in [0.2, 0.25) is 5.91 Å². The van der Waals surface area contributed by atoms with Crippen LogP contribution in [0.4, 0.5) is 0 Å². The Morgan fingerprint density at radius 3 is 2.36 bits per heavy atom. The molecule has 14 heavy (non-hydrogen) atoms. The molecule has 0 saturated heterocycles. The Hall–Kier alpha value is -0.610. The van der Waals surface area contributed by atoms with E-state index in [2.05, 4.69) is 10.6 Å². The third kappa shape index (κ3) is 5.19. The van der Waals surface area contributed by atoms with Crippen LogP contribution in [-0.2, 0) is 4.79 Å².